The van der Waals surface area contributed by atoms with Gasteiger partial charge in [0.25, 0.3) is 0 Å². The standard InChI is InChI=1S/C12H14N6S/c1-9-7-19-11-10(9)14-8-15-12(11)13-3-2-5-18-6-4-16-17-18/h4,6-8H,2-3,5H2,1H3,(H,13,14,15). The van der Waals surface area contributed by atoms with Gasteiger partial charge in [0.05, 0.1) is 16.4 Å². The van der Waals surface area contributed by atoms with Crippen LogP contribution in [-0.4, -0.2) is 31.5 Å². The molecule has 0 aliphatic rings. The van der Waals surface area contributed by atoms with Gasteiger partial charge in [0.15, 0.2) is 0 Å². The Labute approximate surface area is 114 Å². The van der Waals surface area contributed by atoms with Gasteiger partial charge in [-0.1, -0.05) is 5.21 Å². The quantitative estimate of drug-likeness (QED) is 0.721. The van der Waals surface area contributed by atoms with Crippen molar-refractivity contribution in [1.29, 1.82) is 0 Å². The van der Waals surface area contributed by atoms with Crippen LogP contribution in [0.4, 0.5) is 5.82 Å². The molecule has 0 fully saturated rings. The van der Waals surface area contributed by atoms with Gasteiger partial charge in [-0.25, -0.2) is 9.97 Å². The van der Waals surface area contributed by atoms with Gasteiger partial charge in [-0.15, -0.1) is 16.4 Å². The highest BCUT2D eigenvalue weighted by molar-refractivity contribution is 7.18. The summed E-state index contributed by atoms with van der Waals surface area (Å²) < 4.78 is 2.95. The maximum Gasteiger partial charge on any atom is 0.147 e. The molecule has 98 valence electrons. The first-order valence-electron chi connectivity index (χ1n) is 6.11. The van der Waals surface area contributed by atoms with Crippen molar-refractivity contribution in [1.82, 2.24) is 25.0 Å². The van der Waals surface area contributed by atoms with Crippen molar-refractivity contribution in [3.05, 3.63) is 29.7 Å². The van der Waals surface area contributed by atoms with Gasteiger partial charge in [0, 0.05) is 19.3 Å². The Balaban J connectivity index is 1.62. The predicted octanol–water partition coefficient (Wildman–Crippen LogP) is 2.09. The molecule has 0 radical (unpaired) electrons. The molecule has 3 aromatic heterocycles. The summed E-state index contributed by atoms with van der Waals surface area (Å²) in [5.41, 5.74) is 2.24. The monoisotopic (exact) mass is 274 g/mol. The molecule has 1 N–H and O–H groups in total. The van der Waals surface area contributed by atoms with Crippen LogP contribution in [0.5, 0.6) is 0 Å². The fraction of sp³-hybridized carbons (Fsp3) is 0.333. The van der Waals surface area contributed by atoms with E-state index in [-0.39, 0.29) is 0 Å². The van der Waals surface area contributed by atoms with Gasteiger partial charge >= 0.3 is 0 Å². The minimum Gasteiger partial charge on any atom is -0.369 e. The molecule has 19 heavy (non-hydrogen) atoms. The number of anilines is 1. The normalized spacial score (nSPS) is 11.0. The second-order valence-corrected chi connectivity index (χ2v) is 5.14. The van der Waals surface area contributed by atoms with E-state index in [4.69, 9.17) is 0 Å². The molecule has 0 spiro atoms. The van der Waals surface area contributed by atoms with Crippen molar-refractivity contribution in [2.75, 3.05) is 11.9 Å². The Kier molecular flexibility index (Phi) is 3.37. The zero-order chi connectivity index (χ0) is 13.1. The minimum absolute atomic E-state index is 0.850. The van der Waals surface area contributed by atoms with Crippen molar-refractivity contribution >= 4 is 27.4 Å². The van der Waals surface area contributed by atoms with Crippen LogP contribution in [0.15, 0.2) is 24.1 Å². The fourth-order valence-electron chi connectivity index (χ4n) is 1.90. The summed E-state index contributed by atoms with van der Waals surface area (Å²) in [6, 6.07) is 0. The van der Waals surface area contributed by atoms with Gasteiger partial charge in [-0.05, 0) is 24.3 Å². The summed E-state index contributed by atoms with van der Waals surface area (Å²) in [6.07, 6.45) is 6.14. The first-order chi connectivity index (χ1) is 9.34. The molecule has 0 atom stereocenters. The number of aryl methyl sites for hydroxylation is 2. The number of nitrogens with zero attached hydrogens (tertiary/aromatic N) is 5. The molecule has 0 amide bonds. The lowest BCUT2D eigenvalue weighted by atomic mass is 10.3. The zero-order valence-corrected chi connectivity index (χ0v) is 11.4. The SMILES string of the molecule is Cc1csc2c(NCCCn3ccnn3)ncnc12. The highest BCUT2D eigenvalue weighted by atomic mass is 32.1. The average Bonchev–Trinajstić information content (AvgIpc) is 3.06. The fourth-order valence-corrected chi connectivity index (χ4v) is 2.86. The van der Waals surface area contributed by atoms with Crippen LogP contribution in [0, 0.1) is 6.92 Å². The summed E-state index contributed by atoms with van der Waals surface area (Å²) in [5.74, 6) is 0.918. The third kappa shape index (κ3) is 2.55. The topological polar surface area (TPSA) is 68.5 Å². The molecular weight excluding hydrogens is 260 g/mol. The number of fused-ring (bicyclic) bond motifs is 1. The summed E-state index contributed by atoms with van der Waals surface area (Å²) in [4.78, 5) is 8.62. The predicted molar refractivity (Wildman–Crippen MR) is 75.3 cm³/mol. The van der Waals surface area contributed by atoms with E-state index in [0.29, 0.717) is 0 Å². The van der Waals surface area contributed by atoms with Gasteiger partial charge in [-0.3, -0.25) is 4.68 Å². The Morgan fingerprint density at radius 3 is 3.16 bits per heavy atom. The maximum atomic E-state index is 4.31. The smallest absolute Gasteiger partial charge is 0.147 e. The highest BCUT2D eigenvalue weighted by Crippen LogP contribution is 2.28. The Morgan fingerprint density at radius 1 is 1.37 bits per heavy atom. The first-order valence-corrected chi connectivity index (χ1v) is 6.99. The molecule has 0 aliphatic carbocycles. The second kappa shape index (κ2) is 5.31. The number of hydrogen-bond acceptors (Lipinski definition) is 6. The Bertz CT molecular complexity index is 660. The third-order valence-electron chi connectivity index (χ3n) is 2.86. The lowest BCUT2D eigenvalue weighted by Gasteiger charge is -2.06. The van der Waals surface area contributed by atoms with Crippen molar-refractivity contribution in [2.45, 2.75) is 19.9 Å². The molecule has 0 saturated carbocycles. The van der Waals surface area contributed by atoms with Gasteiger partial charge < -0.3 is 5.32 Å². The molecule has 3 rings (SSSR count). The molecule has 3 heterocycles. The van der Waals surface area contributed by atoms with Crippen molar-refractivity contribution in [3.63, 3.8) is 0 Å². The van der Waals surface area contributed by atoms with Crippen LogP contribution in [-0.2, 0) is 6.54 Å². The van der Waals surface area contributed by atoms with Crippen LogP contribution in [0.25, 0.3) is 10.2 Å². The molecule has 0 aromatic carbocycles. The number of hydrogen-bond donors (Lipinski definition) is 1. The molecule has 7 heteroatoms. The lowest BCUT2D eigenvalue weighted by Crippen LogP contribution is -2.08. The van der Waals surface area contributed by atoms with Crippen LogP contribution in [0.1, 0.15) is 12.0 Å². The van der Waals surface area contributed by atoms with Crippen molar-refractivity contribution < 1.29 is 0 Å². The minimum atomic E-state index is 0.850. The summed E-state index contributed by atoms with van der Waals surface area (Å²) >= 11 is 1.68. The number of thiophene rings is 1. The van der Waals surface area contributed by atoms with E-state index in [0.717, 1.165) is 35.5 Å². The Hall–Kier alpha value is -2.02. The number of rotatable bonds is 5. The number of nitrogens with one attached hydrogen (secondary N) is 1. The summed E-state index contributed by atoms with van der Waals surface area (Å²) in [5, 5.41) is 13.2. The Morgan fingerprint density at radius 2 is 2.32 bits per heavy atom. The molecular formula is C12H14N6S. The molecule has 0 saturated heterocycles. The highest BCUT2D eigenvalue weighted by Gasteiger charge is 2.07. The second-order valence-electron chi connectivity index (χ2n) is 4.27. The number of aromatic nitrogens is 5. The molecule has 6 nitrogen and oxygen atoms in total. The third-order valence-corrected chi connectivity index (χ3v) is 3.95. The van der Waals surface area contributed by atoms with Gasteiger partial charge in [0.1, 0.15) is 12.1 Å². The van der Waals surface area contributed by atoms with Gasteiger partial charge in [0.2, 0.25) is 0 Å². The van der Waals surface area contributed by atoms with E-state index < -0.39 is 0 Å². The lowest BCUT2D eigenvalue weighted by molar-refractivity contribution is 0.569. The summed E-state index contributed by atoms with van der Waals surface area (Å²) in [6.45, 7) is 3.77. The van der Waals surface area contributed by atoms with Crippen molar-refractivity contribution in [3.8, 4) is 0 Å². The van der Waals surface area contributed by atoms with Crippen LogP contribution < -0.4 is 5.32 Å². The van der Waals surface area contributed by atoms with E-state index in [9.17, 15) is 0 Å². The zero-order valence-electron chi connectivity index (χ0n) is 10.6. The average molecular weight is 274 g/mol. The maximum absolute atomic E-state index is 4.31. The van der Waals surface area contributed by atoms with E-state index >= 15 is 0 Å². The van der Waals surface area contributed by atoms with Crippen molar-refractivity contribution in [2.24, 2.45) is 0 Å². The van der Waals surface area contributed by atoms with E-state index in [1.807, 2.05) is 10.9 Å². The first kappa shape index (κ1) is 12.0. The molecule has 3 aromatic rings. The molecule has 0 bridgehead atoms. The van der Waals surface area contributed by atoms with Gasteiger partial charge in [-0.2, -0.15) is 0 Å². The van der Waals surface area contributed by atoms with Crippen LogP contribution in [0.2, 0.25) is 0 Å². The summed E-state index contributed by atoms with van der Waals surface area (Å²) in [7, 11) is 0. The molecule has 0 unspecified atom stereocenters. The van der Waals surface area contributed by atoms with E-state index in [1.165, 1.54) is 5.56 Å². The van der Waals surface area contributed by atoms with E-state index in [1.54, 1.807) is 23.9 Å². The van der Waals surface area contributed by atoms with Crippen LogP contribution in [0.3, 0.4) is 0 Å². The largest absolute Gasteiger partial charge is 0.369 e. The van der Waals surface area contributed by atoms with E-state index in [2.05, 4.69) is 37.9 Å². The molecule has 0 aliphatic heterocycles. The van der Waals surface area contributed by atoms with Crippen LogP contribution >= 0.6 is 11.3 Å².